The summed E-state index contributed by atoms with van der Waals surface area (Å²) in [4.78, 5) is 28.4. The number of carbonyl (C=O) groups excluding carboxylic acids is 2. The number of hydrogen-bond acceptors (Lipinski definition) is 2. The molecule has 1 saturated heterocycles. The molecule has 0 radical (unpaired) electrons. The number of carbonyl (C=O) groups is 2. The molecule has 0 spiro atoms. The van der Waals surface area contributed by atoms with E-state index in [2.05, 4.69) is 42.2 Å². The van der Waals surface area contributed by atoms with Crippen LogP contribution in [0.2, 0.25) is 0 Å². The van der Waals surface area contributed by atoms with E-state index in [-0.39, 0.29) is 23.9 Å². The number of nitrogens with zero attached hydrogens (tertiary/aromatic N) is 2. The lowest BCUT2D eigenvalue weighted by Crippen LogP contribution is -2.47. The van der Waals surface area contributed by atoms with Gasteiger partial charge in [-0.1, -0.05) is 36.4 Å². The zero-order valence-corrected chi connectivity index (χ0v) is 15.8. The quantitative estimate of drug-likeness (QED) is 0.898. The topological polar surface area (TPSA) is 66.6 Å². The van der Waals surface area contributed by atoms with Gasteiger partial charge in [0.15, 0.2) is 0 Å². The SMILES string of the molecule is C[C@H](c1ccc2ccccc2c1)N(C(=O)C1CCN(C(N)=O)CC1)C1CC1. The molecule has 0 aromatic heterocycles. The fourth-order valence-corrected chi connectivity index (χ4v) is 4.23. The molecule has 1 heterocycles. The Morgan fingerprint density at radius 1 is 1.04 bits per heavy atom. The lowest BCUT2D eigenvalue weighted by molar-refractivity contribution is -0.139. The summed E-state index contributed by atoms with van der Waals surface area (Å²) in [5.41, 5.74) is 6.55. The van der Waals surface area contributed by atoms with E-state index in [1.807, 2.05) is 12.1 Å². The molecule has 5 heteroatoms. The van der Waals surface area contributed by atoms with E-state index in [9.17, 15) is 9.59 Å². The van der Waals surface area contributed by atoms with Crippen LogP contribution in [-0.2, 0) is 4.79 Å². The van der Waals surface area contributed by atoms with E-state index >= 15 is 0 Å². The molecule has 2 aromatic rings. The summed E-state index contributed by atoms with van der Waals surface area (Å²) < 4.78 is 0. The molecule has 2 fully saturated rings. The first-order valence-electron chi connectivity index (χ1n) is 9.90. The van der Waals surface area contributed by atoms with Crippen molar-refractivity contribution in [1.29, 1.82) is 0 Å². The predicted octanol–water partition coefficient (Wildman–Crippen LogP) is 3.68. The summed E-state index contributed by atoms with van der Waals surface area (Å²) in [6, 6.07) is 14.8. The predicted molar refractivity (Wildman–Crippen MR) is 106 cm³/mol. The van der Waals surface area contributed by atoms with Gasteiger partial charge in [-0.15, -0.1) is 0 Å². The number of benzene rings is 2. The smallest absolute Gasteiger partial charge is 0.314 e. The van der Waals surface area contributed by atoms with Crippen molar-refractivity contribution in [1.82, 2.24) is 9.80 Å². The molecule has 1 aliphatic carbocycles. The fraction of sp³-hybridized carbons (Fsp3) is 0.455. The molecule has 3 amide bonds. The van der Waals surface area contributed by atoms with Crippen molar-refractivity contribution in [2.24, 2.45) is 11.7 Å². The average molecular weight is 365 g/mol. The molecule has 2 N–H and O–H groups in total. The van der Waals surface area contributed by atoms with Gasteiger partial charge in [0.05, 0.1) is 6.04 Å². The molecule has 1 atom stereocenters. The molecule has 4 rings (SSSR count). The maximum Gasteiger partial charge on any atom is 0.314 e. The first-order chi connectivity index (χ1) is 13.0. The van der Waals surface area contributed by atoms with Gasteiger partial charge < -0.3 is 15.5 Å². The number of amides is 3. The van der Waals surface area contributed by atoms with Crippen molar-refractivity contribution in [3.8, 4) is 0 Å². The number of nitrogens with two attached hydrogens (primary N) is 1. The third kappa shape index (κ3) is 3.64. The van der Waals surface area contributed by atoms with Crippen LogP contribution < -0.4 is 5.73 Å². The summed E-state index contributed by atoms with van der Waals surface area (Å²) in [5.74, 6) is 0.228. The van der Waals surface area contributed by atoms with Crippen LogP contribution in [-0.4, -0.2) is 40.9 Å². The van der Waals surface area contributed by atoms with Gasteiger partial charge in [-0.05, 0) is 55.0 Å². The zero-order valence-electron chi connectivity index (χ0n) is 15.8. The molecule has 2 aliphatic rings. The summed E-state index contributed by atoms with van der Waals surface area (Å²) in [7, 11) is 0. The van der Waals surface area contributed by atoms with E-state index in [1.54, 1.807) is 4.90 Å². The summed E-state index contributed by atoms with van der Waals surface area (Å²) >= 11 is 0. The second-order valence-electron chi connectivity index (χ2n) is 7.86. The lowest BCUT2D eigenvalue weighted by atomic mass is 9.93. The Morgan fingerprint density at radius 2 is 1.70 bits per heavy atom. The molecule has 1 aliphatic heterocycles. The third-order valence-electron chi connectivity index (χ3n) is 6.02. The Bertz CT molecular complexity index is 854. The van der Waals surface area contributed by atoms with Crippen LogP contribution in [0.25, 0.3) is 10.8 Å². The standard InChI is InChI=1S/C22H27N3O2/c1-15(18-7-6-16-4-2-3-5-19(16)14-18)25(20-8-9-20)21(26)17-10-12-24(13-11-17)22(23)27/h2-7,14-15,17,20H,8-13H2,1H3,(H2,23,27)/t15-/m1/s1. The normalized spacial score (nSPS) is 19.1. The van der Waals surface area contributed by atoms with E-state index in [4.69, 9.17) is 5.73 Å². The highest BCUT2D eigenvalue weighted by atomic mass is 16.2. The van der Waals surface area contributed by atoms with Gasteiger partial charge in [-0.2, -0.15) is 0 Å². The minimum absolute atomic E-state index is 0.0101. The maximum absolute atomic E-state index is 13.3. The molecule has 2 aromatic carbocycles. The molecule has 0 unspecified atom stereocenters. The van der Waals surface area contributed by atoms with E-state index in [0.29, 0.717) is 32.0 Å². The third-order valence-corrected chi connectivity index (χ3v) is 6.02. The number of piperidine rings is 1. The van der Waals surface area contributed by atoms with Crippen molar-refractivity contribution >= 4 is 22.7 Å². The molecule has 5 nitrogen and oxygen atoms in total. The van der Waals surface area contributed by atoms with Crippen molar-refractivity contribution in [3.05, 3.63) is 48.0 Å². The fourth-order valence-electron chi connectivity index (χ4n) is 4.23. The number of hydrogen-bond donors (Lipinski definition) is 1. The number of likely N-dealkylation sites (tertiary alicyclic amines) is 1. The van der Waals surface area contributed by atoms with Gasteiger partial charge in [0, 0.05) is 25.0 Å². The summed E-state index contributed by atoms with van der Waals surface area (Å²) in [5, 5.41) is 2.43. The van der Waals surface area contributed by atoms with E-state index in [0.717, 1.165) is 12.8 Å². The van der Waals surface area contributed by atoms with Gasteiger partial charge >= 0.3 is 6.03 Å². The second-order valence-corrected chi connectivity index (χ2v) is 7.86. The first kappa shape index (κ1) is 17.8. The number of rotatable bonds is 4. The summed E-state index contributed by atoms with van der Waals surface area (Å²) in [6.45, 7) is 3.29. The van der Waals surface area contributed by atoms with Crippen LogP contribution in [0.4, 0.5) is 4.79 Å². The Balaban J connectivity index is 1.53. The van der Waals surface area contributed by atoms with Crippen molar-refractivity contribution in [2.45, 2.75) is 44.7 Å². The van der Waals surface area contributed by atoms with Crippen molar-refractivity contribution in [2.75, 3.05) is 13.1 Å². The van der Waals surface area contributed by atoms with Crippen LogP contribution >= 0.6 is 0 Å². The molecule has 0 bridgehead atoms. The number of fused-ring (bicyclic) bond motifs is 1. The van der Waals surface area contributed by atoms with Crippen molar-refractivity contribution < 1.29 is 9.59 Å². The zero-order chi connectivity index (χ0) is 19.0. The highest BCUT2D eigenvalue weighted by Crippen LogP contribution is 2.37. The van der Waals surface area contributed by atoms with Crippen LogP contribution in [0.1, 0.15) is 44.2 Å². The summed E-state index contributed by atoms with van der Waals surface area (Å²) in [6.07, 6.45) is 3.58. The minimum Gasteiger partial charge on any atom is -0.351 e. The highest BCUT2D eigenvalue weighted by Gasteiger charge is 2.40. The Morgan fingerprint density at radius 3 is 2.33 bits per heavy atom. The Hall–Kier alpha value is -2.56. The average Bonchev–Trinajstić information content (AvgIpc) is 3.52. The van der Waals surface area contributed by atoms with Crippen LogP contribution in [0.3, 0.4) is 0 Å². The van der Waals surface area contributed by atoms with Gasteiger partial charge in [0.25, 0.3) is 0 Å². The largest absolute Gasteiger partial charge is 0.351 e. The monoisotopic (exact) mass is 365 g/mol. The second kappa shape index (κ2) is 7.22. The Kier molecular flexibility index (Phi) is 4.77. The highest BCUT2D eigenvalue weighted by molar-refractivity contribution is 5.84. The van der Waals surface area contributed by atoms with Crippen LogP contribution in [0.5, 0.6) is 0 Å². The van der Waals surface area contributed by atoms with E-state index in [1.165, 1.54) is 16.3 Å². The number of urea groups is 1. The molecule has 142 valence electrons. The first-order valence-corrected chi connectivity index (χ1v) is 9.90. The molecular formula is C22H27N3O2. The maximum atomic E-state index is 13.3. The van der Waals surface area contributed by atoms with Gasteiger partial charge in [-0.3, -0.25) is 4.79 Å². The van der Waals surface area contributed by atoms with E-state index < -0.39 is 0 Å². The lowest BCUT2D eigenvalue weighted by Gasteiger charge is -2.36. The minimum atomic E-state index is -0.385. The number of primary amides is 1. The van der Waals surface area contributed by atoms with Gasteiger partial charge in [-0.25, -0.2) is 4.79 Å². The van der Waals surface area contributed by atoms with Gasteiger partial charge in [0.2, 0.25) is 5.91 Å². The van der Waals surface area contributed by atoms with Crippen LogP contribution in [0.15, 0.2) is 42.5 Å². The van der Waals surface area contributed by atoms with Gasteiger partial charge in [0.1, 0.15) is 0 Å². The molecule has 27 heavy (non-hydrogen) atoms. The Labute approximate surface area is 160 Å². The van der Waals surface area contributed by atoms with Crippen molar-refractivity contribution in [3.63, 3.8) is 0 Å². The molecule has 1 saturated carbocycles. The van der Waals surface area contributed by atoms with Crippen LogP contribution in [0, 0.1) is 5.92 Å². The molecular weight excluding hydrogens is 338 g/mol.